The second-order valence-electron chi connectivity index (χ2n) is 10.5. The van der Waals surface area contributed by atoms with Crippen LogP contribution in [0.25, 0.3) is 0 Å². The number of hydrogen-bond acceptors (Lipinski definition) is 7. The van der Waals surface area contributed by atoms with E-state index in [4.69, 9.17) is 14.2 Å². The smallest absolute Gasteiger partial charge is 0.261 e. The van der Waals surface area contributed by atoms with E-state index in [2.05, 4.69) is 5.32 Å². The molecule has 0 aromatic heterocycles. The van der Waals surface area contributed by atoms with Gasteiger partial charge in [0.05, 0.1) is 18.1 Å². The van der Waals surface area contributed by atoms with Gasteiger partial charge in [-0.15, -0.1) is 0 Å². The van der Waals surface area contributed by atoms with E-state index in [0.717, 1.165) is 5.56 Å². The second kappa shape index (κ2) is 17.0. The molecule has 1 aliphatic rings. The number of benzene rings is 3. The van der Waals surface area contributed by atoms with Crippen molar-refractivity contribution in [3.05, 3.63) is 95.8 Å². The standard InChI is InChI=1S/C33H40FN3O7S/c1-2-42-20-6-17-35-33(39)31(23-26-7-4-3-5-8-26)37(24-27-9-11-28(34)12-10-27)32(38)25-44-29-13-15-30(16-14-29)45(40,41)36-18-21-43-22-19-36/h3-5,7-16,31H,2,6,17-25H2,1H3,(H,35,39)/t31-/m0/s1. The number of halogens is 1. The van der Waals surface area contributed by atoms with Gasteiger partial charge < -0.3 is 24.4 Å². The maximum Gasteiger partial charge on any atom is 0.261 e. The molecule has 1 saturated heterocycles. The van der Waals surface area contributed by atoms with Crippen molar-refractivity contribution >= 4 is 21.8 Å². The van der Waals surface area contributed by atoms with Gasteiger partial charge in [0.15, 0.2) is 6.61 Å². The van der Waals surface area contributed by atoms with E-state index in [9.17, 15) is 22.4 Å². The molecular formula is C33H40FN3O7S. The minimum absolute atomic E-state index is 0.0447. The molecule has 4 rings (SSSR count). The first-order valence-electron chi connectivity index (χ1n) is 15.0. The van der Waals surface area contributed by atoms with Gasteiger partial charge in [-0.05, 0) is 60.9 Å². The van der Waals surface area contributed by atoms with Crippen LogP contribution in [0, 0.1) is 5.82 Å². The molecule has 0 radical (unpaired) electrons. The van der Waals surface area contributed by atoms with E-state index in [0.29, 0.717) is 50.7 Å². The summed E-state index contributed by atoms with van der Waals surface area (Å²) in [5.41, 5.74) is 1.51. The highest BCUT2D eigenvalue weighted by Gasteiger charge is 2.31. The van der Waals surface area contributed by atoms with Crippen LogP contribution in [0.1, 0.15) is 24.5 Å². The molecule has 45 heavy (non-hydrogen) atoms. The Morgan fingerprint density at radius 1 is 0.978 bits per heavy atom. The van der Waals surface area contributed by atoms with Gasteiger partial charge in [-0.1, -0.05) is 42.5 Å². The third-order valence-electron chi connectivity index (χ3n) is 7.30. The van der Waals surface area contributed by atoms with Gasteiger partial charge >= 0.3 is 0 Å². The lowest BCUT2D eigenvalue weighted by molar-refractivity contribution is -0.142. The third-order valence-corrected chi connectivity index (χ3v) is 9.21. The van der Waals surface area contributed by atoms with Crippen LogP contribution in [-0.4, -0.2) is 88.1 Å². The van der Waals surface area contributed by atoms with Crippen LogP contribution in [0.4, 0.5) is 4.39 Å². The van der Waals surface area contributed by atoms with Gasteiger partial charge in [-0.3, -0.25) is 9.59 Å². The molecule has 0 bridgehead atoms. The fourth-order valence-electron chi connectivity index (χ4n) is 4.86. The van der Waals surface area contributed by atoms with Gasteiger partial charge in [0.25, 0.3) is 5.91 Å². The summed E-state index contributed by atoms with van der Waals surface area (Å²) in [5.74, 6) is -0.906. The lowest BCUT2D eigenvalue weighted by Gasteiger charge is -2.31. The number of hydrogen-bond donors (Lipinski definition) is 1. The summed E-state index contributed by atoms with van der Waals surface area (Å²) in [6, 6.07) is 20.1. The van der Waals surface area contributed by atoms with Crippen LogP contribution in [-0.2, 0) is 42.1 Å². The zero-order chi connectivity index (χ0) is 32.1. The molecule has 2 amide bonds. The van der Waals surface area contributed by atoms with Gasteiger partial charge in [0.2, 0.25) is 15.9 Å². The number of amides is 2. The Hall–Kier alpha value is -3.84. The van der Waals surface area contributed by atoms with Gasteiger partial charge in [-0.2, -0.15) is 4.31 Å². The van der Waals surface area contributed by atoms with E-state index >= 15 is 0 Å². The zero-order valence-corrected chi connectivity index (χ0v) is 26.2. The highest BCUT2D eigenvalue weighted by atomic mass is 32.2. The number of carbonyl (C=O) groups is 2. The average Bonchev–Trinajstić information content (AvgIpc) is 3.07. The molecule has 1 aliphatic heterocycles. The molecule has 12 heteroatoms. The lowest BCUT2D eigenvalue weighted by Crippen LogP contribution is -2.52. The maximum absolute atomic E-state index is 13.8. The van der Waals surface area contributed by atoms with Crippen molar-refractivity contribution in [3.8, 4) is 5.75 Å². The monoisotopic (exact) mass is 641 g/mol. The van der Waals surface area contributed by atoms with Gasteiger partial charge in [-0.25, -0.2) is 12.8 Å². The predicted octanol–water partition coefficient (Wildman–Crippen LogP) is 3.41. The molecule has 1 N–H and O–H groups in total. The minimum atomic E-state index is -3.68. The largest absolute Gasteiger partial charge is 0.484 e. The number of rotatable bonds is 16. The van der Waals surface area contributed by atoms with Crippen molar-refractivity contribution in [2.75, 3.05) is 52.7 Å². The predicted molar refractivity (Wildman–Crippen MR) is 167 cm³/mol. The number of carbonyl (C=O) groups excluding carboxylic acids is 2. The third kappa shape index (κ3) is 10.1. The highest BCUT2D eigenvalue weighted by Crippen LogP contribution is 2.21. The fraction of sp³-hybridized carbons (Fsp3) is 0.394. The first-order valence-corrected chi connectivity index (χ1v) is 16.5. The number of nitrogens with one attached hydrogen (secondary N) is 1. The first-order chi connectivity index (χ1) is 21.8. The number of nitrogens with zero attached hydrogens (tertiary/aromatic N) is 2. The molecule has 0 unspecified atom stereocenters. The zero-order valence-electron chi connectivity index (χ0n) is 25.4. The molecule has 1 atom stereocenters. The van der Waals surface area contributed by atoms with Crippen molar-refractivity contribution in [1.82, 2.24) is 14.5 Å². The SMILES string of the molecule is CCOCCCNC(=O)[C@H](Cc1ccccc1)N(Cc1ccc(F)cc1)C(=O)COc1ccc(S(=O)(=O)N2CCOCC2)cc1. The summed E-state index contributed by atoms with van der Waals surface area (Å²) >= 11 is 0. The van der Waals surface area contributed by atoms with Gasteiger partial charge in [0, 0.05) is 45.8 Å². The van der Waals surface area contributed by atoms with E-state index in [1.54, 1.807) is 12.1 Å². The van der Waals surface area contributed by atoms with Crippen LogP contribution in [0.5, 0.6) is 5.75 Å². The van der Waals surface area contributed by atoms with Crippen molar-refractivity contribution in [2.24, 2.45) is 0 Å². The number of sulfonamides is 1. The van der Waals surface area contributed by atoms with Crippen molar-refractivity contribution < 1.29 is 36.6 Å². The van der Waals surface area contributed by atoms with Crippen LogP contribution in [0.15, 0.2) is 83.8 Å². The summed E-state index contributed by atoms with van der Waals surface area (Å²) in [7, 11) is -3.68. The maximum atomic E-state index is 13.8. The number of morpholine rings is 1. The Balaban J connectivity index is 1.52. The Morgan fingerprint density at radius 3 is 2.33 bits per heavy atom. The van der Waals surface area contributed by atoms with E-state index in [1.165, 1.54) is 45.6 Å². The minimum Gasteiger partial charge on any atom is -0.484 e. The molecule has 3 aromatic rings. The normalized spacial score (nSPS) is 14.4. The average molecular weight is 642 g/mol. The summed E-state index contributed by atoms with van der Waals surface area (Å²) in [5, 5.41) is 2.93. The summed E-state index contributed by atoms with van der Waals surface area (Å²) < 4.78 is 57.4. The summed E-state index contributed by atoms with van der Waals surface area (Å²) in [4.78, 5) is 28.9. The molecule has 0 spiro atoms. The van der Waals surface area contributed by atoms with Crippen LogP contribution in [0.2, 0.25) is 0 Å². The van der Waals surface area contributed by atoms with Crippen LogP contribution in [0.3, 0.4) is 0 Å². The molecular weight excluding hydrogens is 601 g/mol. The van der Waals surface area contributed by atoms with Crippen molar-refractivity contribution in [2.45, 2.75) is 37.2 Å². The van der Waals surface area contributed by atoms with Crippen molar-refractivity contribution in [3.63, 3.8) is 0 Å². The quantitative estimate of drug-likeness (QED) is 0.239. The Bertz CT molecular complexity index is 1470. The first kappa shape index (κ1) is 34.0. The molecule has 242 valence electrons. The molecule has 10 nitrogen and oxygen atoms in total. The summed E-state index contributed by atoms with van der Waals surface area (Å²) in [6.07, 6.45) is 0.864. The van der Waals surface area contributed by atoms with Crippen molar-refractivity contribution in [1.29, 1.82) is 0 Å². The number of ether oxygens (including phenoxy) is 3. The fourth-order valence-corrected chi connectivity index (χ4v) is 6.27. The molecule has 0 saturated carbocycles. The molecule has 0 aliphatic carbocycles. The second-order valence-corrected chi connectivity index (χ2v) is 12.4. The van der Waals surface area contributed by atoms with E-state index in [1.807, 2.05) is 37.3 Å². The Morgan fingerprint density at radius 2 is 1.67 bits per heavy atom. The highest BCUT2D eigenvalue weighted by molar-refractivity contribution is 7.89. The molecule has 1 fully saturated rings. The topological polar surface area (TPSA) is 114 Å². The molecule has 3 aromatic carbocycles. The Kier molecular flexibility index (Phi) is 12.9. The molecule has 1 heterocycles. The summed E-state index contributed by atoms with van der Waals surface area (Å²) in [6.45, 7) is 4.24. The van der Waals surface area contributed by atoms with Crippen LogP contribution >= 0.6 is 0 Å². The van der Waals surface area contributed by atoms with E-state index < -0.39 is 34.4 Å². The van der Waals surface area contributed by atoms with Gasteiger partial charge in [0.1, 0.15) is 17.6 Å². The van der Waals surface area contributed by atoms with E-state index in [-0.39, 0.29) is 36.9 Å². The lowest BCUT2D eigenvalue weighted by atomic mass is 10.0. The van der Waals surface area contributed by atoms with Crippen LogP contribution < -0.4 is 10.1 Å². The Labute approximate surface area is 264 Å².